The van der Waals surface area contributed by atoms with Gasteiger partial charge in [0.1, 0.15) is 0 Å². The summed E-state index contributed by atoms with van der Waals surface area (Å²) in [4.78, 5) is -0.0367. The van der Waals surface area contributed by atoms with E-state index in [1.54, 1.807) is 0 Å². The van der Waals surface area contributed by atoms with E-state index >= 15 is 0 Å². The molecule has 0 spiro atoms. The Morgan fingerprint density at radius 1 is 1.35 bits per heavy atom. The Morgan fingerprint density at radius 2 is 2.00 bits per heavy atom. The van der Waals surface area contributed by atoms with E-state index in [1.807, 2.05) is 0 Å². The number of nitrogens with one attached hydrogen (secondary N) is 1. The van der Waals surface area contributed by atoms with Crippen molar-refractivity contribution in [2.45, 2.75) is 23.3 Å². The number of sulfonamides is 1. The molecule has 1 aliphatic rings. The second kappa shape index (κ2) is 5.57. The first kappa shape index (κ1) is 15.0. The van der Waals surface area contributed by atoms with Crippen LogP contribution in [0.25, 0.3) is 0 Å². The van der Waals surface area contributed by atoms with Gasteiger partial charge in [0.25, 0.3) is 0 Å². The zero-order valence-corrected chi connectivity index (χ0v) is 11.8. The molecule has 1 saturated heterocycles. The second-order valence-corrected chi connectivity index (χ2v) is 6.55. The van der Waals surface area contributed by atoms with Crippen LogP contribution in [0.5, 0.6) is 0 Å². The third kappa shape index (κ3) is 3.60. The fourth-order valence-electron chi connectivity index (χ4n) is 2.07. The third-order valence-corrected chi connectivity index (χ3v) is 4.29. The molecule has 0 unspecified atom stereocenters. The summed E-state index contributed by atoms with van der Waals surface area (Å²) in [7, 11) is -3.76. The molecule has 0 aromatic heterocycles. The van der Waals surface area contributed by atoms with Crippen molar-refractivity contribution in [2.75, 3.05) is 30.8 Å². The van der Waals surface area contributed by atoms with E-state index < -0.39 is 15.6 Å². The van der Waals surface area contributed by atoms with Crippen LogP contribution in [0.4, 0.5) is 11.4 Å². The topological polar surface area (TPSA) is 128 Å². The lowest BCUT2D eigenvalue weighted by Crippen LogP contribution is -2.42. The van der Waals surface area contributed by atoms with E-state index in [-0.39, 0.29) is 10.6 Å². The van der Waals surface area contributed by atoms with E-state index in [1.165, 1.54) is 18.2 Å². The number of nitrogens with two attached hydrogens (primary N) is 2. The zero-order valence-electron chi connectivity index (χ0n) is 11.0. The molecule has 0 saturated carbocycles. The average molecular weight is 301 g/mol. The molecule has 1 fully saturated rings. The van der Waals surface area contributed by atoms with Gasteiger partial charge in [0.15, 0.2) is 0 Å². The molecule has 1 aromatic carbocycles. The van der Waals surface area contributed by atoms with Crippen molar-refractivity contribution < 1.29 is 18.3 Å². The molecule has 0 aliphatic carbocycles. The molecule has 1 aliphatic heterocycles. The highest BCUT2D eigenvalue weighted by Gasteiger charge is 2.29. The number of hydrogen-bond donors (Lipinski definition) is 4. The van der Waals surface area contributed by atoms with Crippen molar-refractivity contribution in [2.24, 2.45) is 5.14 Å². The predicted molar refractivity (Wildman–Crippen MR) is 75.7 cm³/mol. The second-order valence-electron chi connectivity index (χ2n) is 4.98. The Balaban J connectivity index is 2.07. The van der Waals surface area contributed by atoms with Gasteiger partial charge in [-0.1, -0.05) is 0 Å². The molecule has 8 heteroatoms. The van der Waals surface area contributed by atoms with Gasteiger partial charge in [0.2, 0.25) is 10.0 Å². The molecule has 112 valence electrons. The van der Waals surface area contributed by atoms with Gasteiger partial charge in [-0.15, -0.1) is 0 Å². The fourth-order valence-corrected chi connectivity index (χ4v) is 2.62. The molecule has 0 amide bonds. The summed E-state index contributed by atoms with van der Waals surface area (Å²) in [6.45, 7) is 1.38. The van der Waals surface area contributed by atoms with Crippen LogP contribution in [0.15, 0.2) is 23.1 Å². The Bertz CT molecular complexity index is 582. The predicted octanol–water partition coefficient (Wildman–Crippen LogP) is -0.130. The molecule has 20 heavy (non-hydrogen) atoms. The Hall–Kier alpha value is -1.35. The Labute approximate surface area is 118 Å². The quantitative estimate of drug-likeness (QED) is 0.574. The van der Waals surface area contributed by atoms with E-state index in [2.05, 4.69) is 5.32 Å². The minimum atomic E-state index is -3.76. The first-order valence-electron chi connectivity index (χ1n) is 6.27. The first-order chi connectivity index (χ1) is 9.30. The highest BCUT2D eigenvalue weighted by molar-refractivity contribution is 7.89. The molecule has 0 bridgehead atoms. The van der Waals surface area contributed by atoms with Gasteiger partial charge in [-0.25, -0.2) is 13.6 Å². The number of benzene rings is 1. The lowest BCUT2D eigenvalue weighted by Gasteiger charge is -2.32. The zero-order chi connectivity index (χ0) is 14.8. The number of hydrogen-bond acceptors (Lipinski definition) is 6. The number of rotatable bonds is 4. The number of aliphatic hydroxyl groups is 1. The smallest absolute Gasteiger partial charge is 0.238 e. The van der Waals surface area contributed by atoms with E-state index in [0.717, 1.165) is 0 Å². The summed E-state index contributed by atoms with van der Waals surface area (Å²) in [5, 5.41) is 18.4. The highest BCUT2D eigenvalue weighted by Crippen LogP contribution is 2.25. The van der Waals surface area contributed by atoms with Crippen LogP contribution in [-0.2, 0) is 14.8 Å². The largest absolute Gasteiger partial charge is 0.397 e. The SMILES string of the molecule is Nc1cc(S(N)(=O)=O)ccc1NCC1(O)CCOCC1. The van der Waals surface area contributed by atoms with Gasteiger partial charge in [0.05, 0.1) is 21.9 Å². The maximum Gasteiger partial charge on any atom is 0.238 e. The van der Waals surface area contributed by atoms with E-state index in [9.17, 15) is 13.5 Å². The van der Waals surface area contributed by atoms with Crippen molar-refractivity contribution in [1.82, 2.24) is 0 Å². The maximum absolute atomic E-state index is 11.2. The van der Waals surface area contributed by atoms with Gasteiger partial charge in [-0.05, 0) is 18.2 Å². The van der Waals surface area contributed by atoms with Crippen molar-refractivity contribution >= 4 is 21.4 Å². The normalized spacial score (nSPS) is 18.7. The van der Waals surface area contributed by atoms with Crippen molar-refractivity contribution in [1.29, 1.82) is 0 Å². The van der Waals surface area contributed by atoms with E-state index in [0.29, 0.717) is 38.3 Å². The summed E-state index contributed by atoms with van der Waals surface area (Å²) < 4.78 is 27.6. The highest BCUT2D eigenvalue weighted by atomic mass is 32.2. The maximum atomic E-state index is 11.2. The van der Waals surface area contributed by atoms with Crippen LogP contribution >= 0.6 is 0 Å². The number of nitrogen functional groups attached to an aromatic ring is 1. The molecule has 1 heterocycles. The van der Waals surface area contributed by atoms with Crippen molar-refractivity contribution in [3.63, 3.8) is 0 Å². The molecule has 0 atom stereocenters. The van der Waals surface area contributed by atoms with Gasteiger partial charge >= 0.3 is 0 Å². The van der Waals surface area contributed by atoms with Crippen LogP contribution in [0.1, 0.15) is 12.8 Å². The summed E-state index contributed by atoms with van der Waals surface area (Å²) in [5.74, 6) is 0. The van der Waals surface area contributed by atoms with E-state index in [4.69, 9.17) is 15.6 Å². The molecule has 0 radical (unpaired) electrons. The fraction of sp³-hybridized carbons (Fsp3) is 0.500. The molecule has 6 N–H and O–H groups in total. The average Bonchev–Trinajstić information content (AvgIpc) is 2.37. The molecule has 1 aromatic rings. The standard InChI is InChI=1S/C12H19N3O4S/c13-10-7-9(20(14,17)18)1-2-11(10)15-8-12(16)3-5-19-6-4-12/h1-2,7,15-16H,3-6,8,13H2,(H2,14,17,18). The third-order valence-electron chi connectivity index (χ3n) is 3.38. The van der Waals surface area contributed by atoms with Crippen LogP contribution in [0, 0.1) is 0 Å². The van der Waals surface area contributed by atoms with Gasteiger partial charge < -0.3 is 20.9 Å². The van der Waals surface area contributed by atoms with Crippen LogP contribution in [0.3, 0.4) is 0 Å². The van der Waals surface area contributed by atoms with Crippen molar-refractivity contribution in [3.05, 3.63) is 18.2 Å². The lowest BCUT2D eigenvalue weighted by molar-refractivity contribution is -0.0543. The van der Waals surface area contributed by atoms with Crippen LogP contribution < -0.4 is 16.2 Å². The van der Waals surface area contributed by atoms with Gasteiger partial charge in [-0.2, -0.15) is 0 Å². The Kier molecular flexibility index (Phi) is 4.19. The molecular weight excluding hydrogens is 282 g/mol. The minimum Gasteiger partial charge on any atom is -0.397 e. The summed E-state index contributed by atoms with van der Waals surface area (Å²) in [5.41, 5.74) is 5.80. The number of primary sulfonamides is 1. The summed E-state index contributed by atoms with van der Waals surface area (Å²) >= 11 is 0. The van der Waals surface area contributed by atoms with Gasteiger partial charge in [0, 0.05) is 32.6 Å². The monoisotopic (exact) mass is 301 g/mol. The molecular formula is C12H19N3O4S. The van der Waals surface area contributed by atoms with Gasteiger partial charge in [-0.3, -0.25) is 0 Å². The first-order valence-corrected chi connectivity index (χ1v) is 7.81. The summed E-state index contributed by atoms with van der Waals surface area (Å²) in [6.07, 6.45) is 1.10. The molecule has 7 nitrogen and oxygen atoms in total. The minimum absolute atomic E-state index is 0.0367. The number of ether oxygens (including phenoxy) is 1. The Morgan fingerprint density at radius 3 is 2.55 bits per heavy atom. The summed E-state index contributed by atoms with van der Waals surface area (Å²) in [6, 6.07) is 4.21. The molecule has 2 rings (SSSR count). The van der Waals surface area contributed by atoms with Crippen LogP contribution in [-0.4, -0.2) is 38.9 Å². The van der Waals surface area contributed by atoms with Crippen molar-refractivity contribution in [3.8, 4) is 0 Å². The lowest BCUT2D eigenvalue weighted by atomic mass is 9.94. The number of anilines is 2. The van der Waals surface area contributed by atoms with Crippen LogP contribution in [0.2, 0.25) is 0 Å².